The van der Waals surface area contributed by atoms with Gasteiger partial charge in [-0.05, 0) is 61.0 Å². The molecular weight excluding hydrogens is 283 g/mol. The summed E-state index contributed by atoms with van der Waals surface area (Å²) in [5.41, 5.74) is 1.67. The van der Waals surface area contributed by atoms with Gasteiger partial charge in [-0.1, -0.05) is 0 Å². The molecule has 0 spiro atoms. The zero-order chi connectivity index (χ0) is 12.6. The molecule has 90 valence electrons. The van der Waals surface area contributed by atoms with Crippen molar-refractivity contribution < 1.29 is 4.39 Å². The van der Waals surface area contributed by atoms with Crippen LogP contribution in [0.3, 0.4) is 0 Å². The van der Waals surface area contributed by atoms with Crippen LogP contribution in [-0.2, 0) is 5.54 Å². The predicted molar refractivity (Wildman–Crippen MR) is 70.3 cm³/mol. The Hall–Kier alpha value is -1.16. The van der Waals surface area contributed by atoms with Crippen LogP contribution in [0.5, 0.6) is 0 Å². The predicted octanol–water partition coefficient (Wildman–Crippen LogP) is 4.21. The minimum atomic E-state index is -0.236. The molecule has 0 aliphatic heterocycles. The Labute approximate surface area is 109 Å². The number of nitrogens with zero attached hydrogens (tertiary/aromatic N) is 2. The van der Waals surface area contributed by atoms with E-state index >= 15 is 0 Å². The van der Waals surface area contributed by atoms with E-state index in [2.05, 4.69) is 41.8 Å². The summed E-state index contributed by atoms with van der Waals surface area (Å²) in [5.74, 6) is -0.236. The maximum absolute atomic E-state index is 12.9. The molecule has 0 unspecified atom stereocenters. The summed E-state index contributed by atoms with van der Waals surface area (Å²) in [6.45, 7) is 6.25. The van der Waals surface area contributed by atoms with Crippen molar-refractivity contribution in [3.63, 3.8) is 0 Å². The van der Waals surface area contributed by atoms with Crippen LogP contribution >= 0.6 is 15.9 Å². The third-order valence-electron chi connectivity index (χ3n) is 2.47. The molecule has 1 aromatic carbocycles. The van der Waals surface area contributed by atoms with Crippen LogP contribution in [0.1, 0.15) is 20.8 Å². The quantitative estimate of drug-likeness (QED) is 0.771. The van der Waals surface area contributed by atoms with Crippen LogP contribution in [-0.4, -0.2) is 9.78 Å². The van der Waals surface area contributed by atoms with Gasteiger partial charge in [-0.15, -0.1) is 0 Å². The molecule has 4 heteroatoms. The second-order valence-electron chi connectivity index (χ2n) is 4.95. The Balaban J connectivity index is 2.46. The second-order valence-corrected chi connectivity index (χ2v) is 5.80. The standard InChI is InChI=1S/C13H14BrFN2/c1-13(2,3)17-8-11(14)12(16-17)9-4-6-10(15)7-5-9/h4-8H,1-3H3. The lowest BCUT2D eigenvalue weighted by molar-refractivity contribution is 0.356. The molecule has 0 radical (unpaired) electrons. The van der Waals surface area contributed by atoms with Crippen molar-refractivity contribution in [3.8, 4) is 11.3 Å². The maximum atomic E-state index is 12.9. The lowest BCUT2D eigenvalue weighted by atomic mass is 10.1. The van der Waals surface area contributed by atoms with Gasteiger partial charge in [-0.3, -0.25) is 4.68 Å². The fraction of sp³-hybridized carbons (Fsp3) is 0.308. The van der Waals surface area contributed by atoms with E-state index < -0.39 is 0 Å². The molecule has 1 aromatic heterocycles. The van der Waals surface area contributed by atoms with Crippen molar-refractivity contribution in [3.05, 3.63) is 40.8 Å². The summed E-state index contributed by atoms with van der Waals surface area (Å²) in [6, 6.07) is 6.35. The zero-order valence-corrected chi connectivity index (χ0v) is 11.6. The average molecular weight is 297 g/mol. The van der Waals surface area contributed by atoms with E-state index in [1.54, 1.807) is 12.1 Å². The molecule has 0 amide bonds. The van der Waals surface area contributed by atoms with E-state index in [-0.39, 0.29) is 11.4 Å². The normalized spacial score (nSPS) is 11.8. The zero-order valence-electron chi connectivity index (χ0n) is 10.0. The van der Waals surface area contributed by atoms with Crippen LogP contribution in [0.15, 0.2) is 34.9 Å². The van der Waals surface area contributed by atoms with Gasteiger partial charge < -0.3 is 0 Å². The van der Waals surface area contributed by atoms with E-state index in [4.69, 9.17) is 0 Å². The summed E-state index contributed by atoms with van der Waals surface area (Å²) >= 11 is 3.49. The van der Waals surface area contributed by atoms with Gasteiger partial charge in [-0.25, -0.2) is 4.39 Å². The van der Waals surface area contributed by atoms with Gasteiger partial charge in [0, 0.05) is 11.8 Å². The fourth-order valence-electron chi connectivity index (χ4n) is 1.50. The number of hydrogen-bond donors (Lipinski definition) is 0. The minimum absolute atomic E-state index is 0.0687. The molecule has 0 aliphatic rings. The highest BCUT2D eigenvalue weighted by Gasteiger charge is 2.17. The molecule has 0 N–H and O–H groups in total. The van der Waals surface area contributed by atoms with E-state index in [9.17, 15) is 4.39 Å². The smallest absolute Gasteiger partial charge is 0.123 e. The van der Waals surface area contributed by atoms with Crippen molar-refractivity contribution in [1.82, 2.24) is 9.78 Å². The van der Waals surface area contributed by atoms with Crippen LogP contribution in [0.4, 0.5) is 4.39 Å². The lowest BCUT2D eigenvalue weighted by Gasteiger charge is -2.18. The molecule has 0 saturated heterocycles. The van der Waals surface area contributed by atoms with Gasteiger partial charge in [0.2, 0.25) is 0 Å². The summed E-state index contributed by atoms with van der Waals surface area (Å²) in [5, 5.41) is 4.53. The van der Waals surface area contributed by atoms with Crippen molar-refractivity contribution in [2.75, 3.05) is 0 Å². The van der Waals surface area contributed by atoms with Gasteiger partial charge in [0.1, 0.15) is 11.5 Å². The van der Waals surface area contributed by atoms with E-state index in [1.807, 2.05) is 10.9 Å². The third-order valence-corrected chi connectivity index (χ3v) is 3.05. The van der Waals surface area contributed by atoms with Gasteiger partial charge >= 0.3 is 0 Å². The number of hydrogen-bond acceptors (Lipinski definition) is 1. The Morgan fingerprint density at radius 1 is 1.18 bits per heavy atom. The highest BCUT2D eigenvalue weighted by atomic mass is 79.9. The maximum Gasteiger partial charge on any atom is 0.123 e. The largest absolute Gasteiger partial charge is 0.266 e. The minimum Gasteiger partial charge on any atom is -0.266 e. The van der Waals surface area contributed by atoms with Gasteiger partial charge in [0.15, 0.2) is 0 Å². The number of rotatable bonds is 1. The average Bonchev–Trinajstić information content (AvgIpc) is 2.61. The van der Waals surface area contributed by atoms with Gasteiger partial charge in [-0.2, -0.15) is 5.10 Å². The Kier molecular flexibility index (Phi) is 3.08. The molecular formula is C13H14BrFN2. The summed E-state index contributed by atoms with van der Waals surface area (Å²) < 4.78 is 15.7. The highest BCUT2D eigenvalue weighted by Crippen LogP contribution is 2.29. The van der Waals surface area contributed by atoms with E-state index in [0.29, 0.717) is 0 Å². The van der Waals surface area contributed by atoms with E-state index in [1.165, 1.54) is 12.1 Å². The summed E-state index contributed by atoms with van der Waals surface area (Å²) in [4.78, 5) is 0. The first-order chi connectivity index (χ1) is 7.88. The highest BCUT2D eigenvalue weighted by molar-refractivity contribution is 9.10. The molecule has 0 fully saturated rings. The molecule has 0 atom stereocenters. The molecule has 2 rings (SSSR count). The first-order valence-electron chi connectivity index (χ1n) is 5.39. The second kappa shape index (κ2) is 4.26. The van der Waals surface area contributed by atoms with Crippen molar-refractivity contribution in [1.29, 1.82) is 0 Å². The van der Waals surface area contributed by atoms with Crippen molar-refractivity contribution >= 4 is 15.9 Å². The lowest BCUT2D eigenvalue weighted by Crippen LogP contribution is -2.22. The molecule has 0 bridgehead atoms. The van der Waals surface area contributed by atoms with Crippen LogP contribution in [0, 0.1) is 5.82 Å². The number of benzene rings is 1. The third kappa shape index (κ3) is 2.57. The van der Waals surface area contributed by atoms with Crippen molar-refractivity contribution in [2.24, 2.45) is 0 Å². The molecule has 17 heavy (non-hydrogen) atoms. The Morgan fingerprint density at radius 3 is 2.24 bits per heavy atom. The van der Waals surface area contributed by atoms with Crippen LogP contribution < -0.4 is 0 Å². The van der Waals surface area contributed by atoms with Crippen LogP contribution in [0.2, 0.25) is 0 Å². The Morgan fingerprint density at radius 2 is 1.76 bits per heavy atom. The Bertz CT molecular complexity index is 523. The molecule has 0 aliphatic carbocycles. The molecule has 2 aromatic rings. The molecule has 1 heterocycles. The number of aromatic nitrogens is 2. The van der Waals surface area contributed by atoms with Gasteiger partial charge in [0.25, 0.3) is 0 Å². The first-order valence-corrected chi connectivity index (χ1v) is 6.19. The molecule has 0 saturated carbocycles. The number of halogens is 2. The first kappa shape index (κ1) is 12.3. The topological polar surface area (TPSA) is 17.8 Å². The van der Waals surface area contributed by atoms with Gasteiger partial charge in [0.05, 0.1) is 10.0 Å². The fourth-order valence-corrected chi connectivity index (χ4v) is 2.00. The van der Waals surface area contributed by atoms with Crippen molar-refractivity contribution in [2.45, 2.75) is 26.3 Å². The molecule has 2 nitrogen and oxygen atoms in total. The SMILES string of the molecule is CC(C)(C)n1cc(Br)c(-c2ccc(F)cc2)n1. The monoisotopic (exact) mass is 296 g/mol. The summed E-state index contributed by atoms with van der Waals surface area (Å²) in [6.07, 6.45) is 1.94. The summed E-state index contributed by atoms with van der Waals surface area (Å²) in [7, 11) is 0. The van der Waals surface area contributed by atoms with Crippen LogP contribution in [0.25, 0.3) is 11.3 Å². The van der Waals surface area contributed by atoms with E-state index in [0.717, 1.165) is 15.7 Å².